The van der Waals surface area contributed by atoms with Crippen molar-refractivity contribution in [2.75, 3.05) is 12.4 Å². The van der Waals surface area contributed by atoms with E-state index in [0.29, 0.717) is 5.69 Å². The molecule has 4 aromatic carbocycles. The fourth-order valence-electron chi connectivity index (χ4n) is 4.11. The molecule has 0 fully saturated rings. The van der Waals surface area contributed by atoms with Gasteiger partial charge in [0.25, 0.3) is 0 Å². The van der Waals surface area contributed by atoms with Gasteiger partial charge >= 0.3 is 0 Å². The van der Waals surface area contributed by atoms with Crippen LogP contribution in [-0.2, 0) is 4.79 Å². The van der Waals surface area contributed by atoms with Gasteiger partial charge in [-0.1, -0.05) is 106 Å². The van der Waals surface area contributed by atoms with Crippen LogP contribution in [0.5, 0.6) is 5.75 Å². The topological polar surface area (TPSA) is 50.7 Å². The van der Waals surface area contributed by atoms with E-state index >= 15 is 0 Å². The molecule has 0 aliphatic carbocycles. The Morgan fingerprint density at radius 1 is 0.811 bits per heavy atom. The molecule has 4 nitrogen and oxygen atoms in total. The number of hydrogen-bond donors (Lipinski definition) is 1. The zero-order chi connectivity index (χ0) is 26.3. The van der Waals surface area contributed by atoms with Crippen molar-refractivity contribution in [3.8, 4) is 5.75 Å². The second kappa shape index (κ2) is 12.0. The number of hydrogen-bond acceptors (Lipinski definition) is 3. The first kappa shape index (κ1) is 26.3. The quantitative estimate of drug-likeness (QED) is 0.237. The second-order valence-electron chi connectivity index (χ2n) is 9.83. The molecule has 0 aromatic heterocycles. The Labute approximate surface area is 221 Å². The molecule has 188 valence electrons. The van der Waals surface area contributed by atoms with Crippen molar-refractivity contribution >= 4 is 41.6 Å². The maximum absolute atomic E-state index is 13.3. The highest BCUT2D eigenvalue weighted by Gasteiger charge is 2.31. The van der Waals surface area contributed by atoms with Crippen LogP contribution in [0.4, 0.5) is 5.69 Å². The molecule has 0 aliphatic heterocycles. The molecule has 1 N–H and O–H groups in total. The van der Waals surface area contributed by atoms with Gasteiger partial charge in [-0.3, -0.25) is 9.79 Å². The van der Waals surface area contributed by atoms with Crippen LogP contribution in [0.1, 0.15) is 26.3 Å². The van der Waals surface area contributed by atoms with Gasteiger partial charge in [-0.2, -0.15) is 0 Å². The number of methoxy groups -OCH3 is 1. The van der Waals surface area contributed by atoms with Gasteiger partial charge in [-0.05, 0) is 53.5 Å². The number of anilines is 1. The van der Waals surface area contributed by atoms with E-state index in [0.717, 1.165) is 11.3 Å². The number of carbonyl (C=O) groups excluding carboxylic acids is 1. The van der Waals surface area contributed by atoms with E-state index in [1.165, 1.54) is 15.9 Å². The molecule has 1 amide bonds. The van der Waals surface area contributed by atoms with Crippen LogP contribution in [0.2, 0.25) is 0 Å². The number of nitrogens with one attached hydrogen (secondary N) is 1. The summed E-state index contributed by atoms with van der Waals surface area (Å²) in [5.41, 5.74) is 1.37. The lowest BCUT2D eigenvalue weighted by Crippen LogP contribution is -2.37. The molecule has 1 atom stereocenters. The highest BCUT2D eigenvalue weighted by molar-refractivity contribution is 7.80. The van der Waals surface area contributed by atoms with Crippen LogP contribution < -0.4 is 26.0 Å². The zero-order valence-corrected chi connectivity index (χ0v) is 22.7. The van der Waals surface area contributed by atoms with Crippen molar-refractivity contribution in [3.05, 3.63) is 115 Å². The highest BCUT2D eigenvalue weighted by atomic mass is 31.1. The van der Waals surface area contributed by atoms with E-state index in [1.807, 2.05) is 69.5 Å². The lowest BCUT2D eigenvalue weighted by atomic mass is 9.86. The first-order valence-corrected chi connectivity index (χ1v) is 13.7. The third-order valence-electron chi connectivity index (χ3n) is 6.00. The summed E-state index contributed by atoms with van der Waals surface area (Å²) in [6.07, 6.45) is 1.88. The molecule has 5 heteroatoms. The minimum atomic E-state index is -0.789. The standard InChI is InChI=1S/C32H33N2O2P/c1-32(2,3)30(31(35)34-25-19-21-26(36-4)22-20-25)33-23-24-13-11-12-18-29(24)37(27-14-7-5-8-15-27)28-16-9-6-10-17-28/h5-23,30H,1-4H3,(H,34,35). The van der Waals surface area contributed by atoms with Crippen LogP contribution in [0.25, 0.3) is 0 Å². The fourth-order valence-corrected chi connectivity index (χ4v) is 6.53. The summed E-state index contributed by atoms with van der Waals surface area (Å²) in [4.78, 5) is 18.2. The third kappa shape index (κ3) is 6.72. The molecular weight excluding hydrogens is 475 g/mol. The predicted octanol–water partition coefficient (Wildman–Crippen LogP) is 5.93. The van der Waals surface area contributed by atoms with Gasteiger partial charge in [0.2, 0.25) is 5.91 Å². The first-order chi connectivity index (χ1) is 17.9. The molecule has 0 saturated heterocycles. The highest BCUT2D eigenvalue weighted by Crippen LogP contribution is 2.34. The van der Waals surface area contributed by atoms with Gasteiger partial charge in [0, 0.05) is 17.5 Å². The molecule has 4 aromatic rings. The Morgan fingerprint density at radius 2 is 1.35 bits per heavy atom. The number of rotatable bonds is 8. The van der Waals surface area contributed by atoms with Crippen molar-refractivity contribution in [2.24, 2.45) is 10.4 Å². The van der Waals surface area contributed by atoms with Crippen molar-refractivity contribution in [2.45, 2.75) is 26.8 Å². The predicted molar refractivity (Wildman–Crippen MR) is 158 cm³/mol. The lowest BCUT2D eigenvalue weighted by Gasteiger charge is -2.26. The van der Waals surface area contributed by atoms with Crippen LogP contribution in [0, 0.1) is 5.41 Å². The molecule has 0 aliphatic rings. The minimum Gasteiger partial charge on any atom is -0.497 e. The Kier molecular flexibility index (Phi) is 8.53. The summed E-state index contributed by atoms with van der Waals surface area (Å²) in [6.45, 7) is 6.11. The number of amides is 1. The molecule has 0 radical (unpaired) electrons. The molecule has 0 heterocycles. The number of aliphatic imine (C=N–C) groups is 1. The Balaban J connectivity index is 1.68. The zero-order valence-electron chi connectivity index (χ0n) is 21.8. The van der Waals surface area contributed by atoms with Gasteiger partial charge < -0.3 is 10.1 Å². The van der Waals surface area contributed by atoms with Gasteiger partial charge in [-0.25, -0.2) is 0 Å². The Hall–Kier alpha value is -3.75. The van der Waals surface area contributed by atoms with Gasteiger partial charge in [0.15, 0.2) is 0 Å². The maximum atomic E-state index is 13.3. The summed E-state index contributed by atoms with van der Waals surface area (Å²) < 4.78 is 5.22. The van der Waals surface area contributed by atoms with E-state index in [9.17, 15) is 4.79 Å². The van der Waals surface area contributed by atoms with Gasteiger partial charge in [-0.15, -0.1) is 0 Å². The average molecular weight is 509 g/mol. The van der Waals surface area contributed by atoms with E-state index in [2.05, 4.69) is 72.0 Å². The van der Waals surface area contributed by atoms with Crippen molar-refractivity contribution in [1.29, 1.82) is 0 Å². The van der Waals surface area contributed by atoms with Crippen molar-refractivity contribution in [1.82, 2.24) is 0 Å². The molecule has 1 unspecified atom stereocenters. The first-order valence-electron chi connectivity index (χ1n) is 12.3. The minimum absolute atomic E-state index is 0.139. The normalized spacial score (nSPS) is 12.5. The van der Waals surface area contributed by atoms with Crippen LogP contribution in [0.3, 0.4) is 0 Å². The van der Waals surface area contributed by atoms with E-state index in [-0.39, 0.29) is 11.3 Å². The van der Waals surface area contributed by atoms with Crippen LogP contribution in [0.15, 0.2) is 114 Å². The summed E-state index contributed by atoms with van der Waals surface area (Å²) in [5, 5.41) is 6.78. The van der Waals surface area contributed by atoms with E-state index in [4.69, 9.17) is 9.73 Å². The number of ether oxygens (including phenoxy) is 1. The maximum Gasteiger partial charge on any atom is 0.249 e. The summed E-state index contributed by atoms with van der Waals surface area (Å²) in [5.74, 6) is 0.605. The Bertz CT molecular complexity index is 1290. The smallest absolute Gasteiger partial charge is 0.249 e. The Morgan fingerprint density at radius 3 is 1.89 bits per heavy atom. The number of nitrogens with zero attached hydrogens (tertiary/aromatic N) is 1. The van der Waals surface area contributed by atoms with E-state index in [1.54, 1.807) is 7.11 Å². The summed E-state index contributed by atoms with van der Waals surface area (Å²) >= 11 is 0. The third-order valence-corrected chi connectivity index (χ3v) is 8.51. The SMILES string of the molecule is COc1ccc(NC(=O)C(N=Cc2ccccc2P(c2ccccc2)c2ccccc2)C(C)(C)C)cc1. The van der Waals surface area contributed by atoms with Crippen molar-refractivity contribution in [3.63, 3.8) is 0 Å². The molecule has 37 heavy (non-hydrogen) atoms. The molecular formula is C32H33N2O2P. The lowest BCUT2D eigenvalue weighted by molar-refractivity contribution is -0.119. The van der Waals surface area contributed by atoms with Gasteiger partial charge in [0.05, 0.1) is 7.11 Å². The molecule has 4 rings (SSSR count). The van der Waals surface area contributed by atoms with Gasteiger partial charge in [0.1, 0.15) is 11.8 Å². The molecule has 0 bridgehead atoms. The van der Waals surface area contributed by atoms with Crippen LogP contribution in [-0.4, -0.2) is 25.3 Å². The summed E-state index contributed by atoms with van der Waals surface area (Å²) in [6, 6.07) is 36.3. The number of carbonyl (C=O) groups is 1. The fraction of sp³-hybridized carbons (Fsp3) is 0.188. The molecule has 0 spiro atoms. The molecule has 0 saturated carbocycles. The average Bonchev–Trinajstić information content (AvgIpc) is 2.91. The summed E-state index contributed by atoms with van der Waals surface area (Å²) in [7, 11) is 0.833. The van der Waals surface area contributed by atoms with Crippen molar-refractivity contribution < 1.29 is 9.53 Å². The number of benzene rings is 4. The van der Waals surface area contributed by atoms with Crippen LogP contribution >= 0.6 is 7.92 Å². The second-order valence-corrected chi connectivity index (χ2v) is 12.0. The largest absolute Gasteiger partial charge is 0.497 e. The monoisotopic (exact) mass is 508 g/mol. The van der Waals surface area contributed by atoms with E-state index < -0.39 is 14.0 Å².